The Hall–Kier alpha value is -1.94. The van der Waals surface area contributed by atoms with Crippen LogP contribution in [0.5, 0.6) is 0 Å². The highest BCUT2D eigenvalue weighted by Crippen LogP contribution is 2.45. The second-order valence-electron chi connectivity index (χ2n) is 29.5. The Morgan fingerprint density at radius 2 is 0.396 bits per heavy atom. The number of carbonyl (C=O) groups is 4. The highest BCUT2D eigenvalue weighted by Gasteiger charge is 2.30. The number of ether oxygens (including phenoxy) is 4. The second kappa shape index (κ2) is 76.3. The maximum absolute atomic E-state index is 13.1. The van der Waals surface area contributed by atoms with E-state index in [0.717, 1.165) is 89.9 Å². The molecule has 0 saturated carbocycles. The minimum Gasteiger partial charge on any atom is -0.462 e. The zero-order valence-corrected chi connectivity index (χ0v) is 67.7. The lowest BCUT2D eigenvalue weighted by molar-refractivity contribution is -0.161. The average Bonchev–Trinajstić information content (AvgIpc) is 2.27. The third-order valence-corrected chi connectivity index (χ3v) is 21.3. The number of hydrogen-bond acceptors (Lipinski definition) is 15. The van der Waals surface area contributed by atoms with Gasteiger partial charge < -0.3 is 33.8 Å². The van der Waals surface area contributed by atoms with Crippen molar-refractivity contribution in [3.8, 4) is 0 Å². The summed E-state index contributed by atoms with van der Waals surface area (Å²) >= 11 is 0. The van der Waals surface area contributed by atoms with Crippen molar-refractivity contribution >= 4 is 39.5 Å². The van der Waals surface area contributed by atoms with E-state index in [1.807, 2.05) is 0 Å². The van der Waals surface area contributed by atoms with Gasteiger partial charge in [-0.2, -0.15) is 0 Å². The van der Waals surface area contributed by atoms with E-state index in [9.17, 15) is 43.2 Å². The Kier molecular flexibility index (Phi) is 74.8. The zero-order valence-electron chi connectivity index (χ0n) is 65.9. The van der Waals surface area contributed by atoms with Gasteiger partial charge in [0.05, 0.1) is 26.4 Å². The lowest BCUT2D eigenvalue weighted by Gasteiger charge is -2.21. The quantitative estimate of drug-likeness (QED) is 0.0222. The molecule has 17 nitrogen and oxygen atoms in total. The number of rotatable bonds is 83. The maximum atomic E-state index is 13.1. The van der Waals surface area contributed by atoms with Crippen LogP contribution in [0.2, 0.25) is 0 Å². The molecule has 101 heavy (non-hydrogen) atoms. The van der Waals surface area contributed by atoms with Crippen molar-refractivity contribution in [1.29, 1.82) is 0 Å². The lowest BCUT2D eigenvalue weighted by Crippen LogP contribution is -2.30. The van der Waals surface area contributed by atoms with E-state index >= 15 is 0 Å². The molecule has 0 bridgehead atoms. The Morgan fingerprint density at radius 1 is 0.238 bits per heavy atom. The van der Waals surface area contributed by atoms with Gasteiger partial charge in [0.15, 0.2) is 12.2 Å². The van der Waals surface area contributed by atoms with E-state index in [0.29, 0.717) is 25.7 Å². The molecular weight excluding hydrogens is 1320 g/mol. The van der Waals surface area contributed by atoms with Crippen molar-refractivity contribution in [2.75, 3.05) is 39.6 Å². The van der Waals surface area contributed by atoms with Crippen LogP contribution in [0.15, 0.2) is 0 Å². The van der Waals surface area contributed by atoms with Crippen molar-refractivity contribution < 1.29 is 80.2 Å². The average molecular weight is 1480 g/mol. The summed E-state index contributed by atoms with van der Waals surface area (Å²) in [6.45, 7) is 5.00. The van der Waals surface area contributed by atoms with E-state index < -0.39 is 97.5 Å². The number of hydrogen-bond donors (Lipinski definition) is 3. The van der Waals surface area contributed by atoms with Crippen LogP contribution < -0.4 is 0 Å². The first-order valence-electron chi connectivity index (χ1n) is 42.8. The highest BCUT2D eigenvalue weighted by atomic mass is 31.2. The van der Waals surface area contributed by atoms with Gasteiger partial charge in [-0.05, 0) is 25.7 Å². The standard InChI is InChI=1S/C82H160O17P2/c1-5-9-13-17-21-25-28-31-33-35-37-38-40-42-44-47-50-53-57-61-65-69-82(87)99-78(73-93-80(85)67-63-59-55-51-48-46-43-41-39-36-34-32-29-26-22-18-14-10-6-2)75-97-101(90,91)95-71-76(83)70-94-100(88,89)96-74-77(72-92-79(84)66-62-58-54-24-20-16-12-8-4)98-81(86)68-64-60-56-52-49-45-30-27-23-19-15-11-7-3/h76-78,83H,5-75H2,1-4H3,(H,88,89)(H,90,91)/t76-,77+,78+/m0/s1. The van der Waals surface area contributed by atoms with Crippen LogP contribution in [-0.4, -0.2) is 96.7 Å². The van der Waals surface area contributed by atoms with Crippen LogP contribution in [0.3, 0.4) is 0 Å². The minimum atomic E-state index is -4.96. The predicted molar refractivity (Wildman–Crippen MR) is 414 cm³/mol. The van der Waals surface area contributed by atoms with E-state index in [4.69, 9.17) is 37.0 Å². The molecule has 0 aliphatic carbocycles. The maximum Gasteiger partial charge on any atom is 0.472 e. The molecule has 5 atom stereocenters. The molecule has 0 radical (unpaired) electrons. The number of phosphoric ester groups is 2. The number of esters is 4. The van der Waals surface area contributed by atoms with Gasteiger partial charge in [-0.3, -0.25) is 37.3 Å². The summed E-state index contributed by atoms with van der Waals surface area (Å²) in [5.41, 5.74) is 0. The van der Waals surface area contributed by atoms with Crippen LogP contribution in [0.4, 0.5) is 0 Å². The van der Waals surface area contributed by atoms with E-state index in [2.05, 4.69) is 27.7 Å². The van der Waals surface area contributed by atoms with E-state index in [-0.39, 0.29) is 25.7 Å². The smallest absolute Gasteiger partial charge is 0.462 e. The van der Waals surface area contributed by atoms with Crippen molar-refractivity contribution in [1.82, 2.24) is 0 Å². The van der Waals surface area contributed by atoms with Gasteiger partial charge >= 0.3 is 39.5 Å². The van der Waals surface area contributed by atoms with Crippen LogP contribution in [-0.2, 0) is 65.4 Å². The van der Waals surface area contributed by atoms with Crippen LogP contribution in [0, 0.1) is 0 Å². The Morgan fingerprint density at radius 3 is 0.584 bits per heavy atom. The van der Waals surface area contributed by atoms with Crippen LogP contribution in [0.1, 0.15) is 445 Å². The molecular formula is C82H160O17P2. The first-order valence-corrected chi connectivity index (χ1v) is 45.8. The summed E-state index contributed by atoms with van der Waals surface area (Å²) in [4.78, 5) is 72.9. The van der Waals surface area contributed by atoms with Crippen LogP contribution >= 0.6 is 15.6 Å². The van der Waals surface area contributed by atoms with Crippen molar-refractivity contribution in [3.63, 3.8) is 0 Å². The number of unbranched alkanes of at least 4 members (excludes halogenated alkanes) is 57. The van der Waals surface area contributed by atoms with Gasteiger partial charge in [0, 0.05) is 25.7 Å². The summed E-state index contributed by atoms with van der Waals surface area (Å²) in [6.07, 6.45) is 69.6. The molecule has 0 aromatic carbocycles. The summed E-state index contributed by atoms with van der Waals surface area (Å²) in [5, 5.41) is 10.6. The predicted octanol–water partition coefficient (Wildman–Crippen LogP) is 25.0. The third kappa shape index (κ3) is 76.1. The third-order valence-electron chi connectivity index (χ3n) is 19.4. The Bertz CT molecular complexity index is 1910. The number of aliphatic hydroxyl groups excluding tert-OH is 1. The zero-order chi connectivity index (χ0) is 73.9. The first-order chi connectivity index (χ1) is 49.2. The summed E-state index contributed by atoms with van der Waals surface area (Å²) in [7, 11) is -9.91. The lowest BCUT2D eigenvalue weighted by atomic mass is 10.0. The molecule has 0 aliphatic heterocycles. The van der Waals surface area contributed by atoms with Gasteiger partial charge in [-0.25, -0.2) is 9.13 Å². The molecule has 0 amide bonds. The normalized spacial score (nSPS) is 13.8. The van der Waals surface area contributed by atoms with E-state index in [1.54, 1.807) is 0 Å². The number of carbonyl (C=O) groups excluding carboxylic acids is 4. The molecule has 19 heteroatoms. The van der Waals surface area contributed by atoms with Gasteiger partial charge in [0.2, 0.25) is 0 Å². The second-order valence-corrected chi connectivity index (χ2v) is 32.4. The van der Waals surface area contributed by atoms with Crippen molar-refractivity contribution in [2.45, 2.75) is 463 Å². The van der Waals surface area contributed by atoms with Gasteiger partial charge in [0.1, 0.15) is 19.3 Å². The first kappa shape index (κ1) is 99.1. The van der Waals surface area contributed by atoms with Crippen molar-refractivity contribution in [3.05, 3.63) is 0 Å². The largest absolute Gasteiger partial charge is 0.472 e. The molecule has 0 aromatic heterocycles. The molecule has 3 N–H and O–H groups in total. The van der Waals surface area contributed by atoms with Crippen molar-refractivity contribution in [2.24, 2.45) is 0 Å². The molecule has 0 aromatic rings. The fourth-order valence-corrected chi connectivity index (χ4v) is 14.4. The summed E-state index contributed by atoms with van der Waals surface area (Å²) in [6, 6.07) is 0. The molecule has 2 unspecified atom stereocenters. The topological polar surface area (TPSA) is 237 Å². The fraction of sp³-hybridized carbons (Fsp3) is 0.951. The molecule has 0 saturated heterocycles. The molecule has 0 fully saturated rings. The van der Waals surface area contributed by atoms with Gasteiger partial charge in [-0.15, -0.1) is 0 Å². The van der Waals surface area contributed by atoms with Gasteiger partial charge in [0.25, 0.3) is 0 Å². The fourth-order valence-electron chi connectivity index (χ4n) is 12.8. The van der Waals surface area contributed by atoms with Crippen LogP contribution in [0.25, 0.3) is 0 Å². The molecule has 0 spiro atoms. The summed E-state index contributed by atoms with van der Waals surface area (Å²) in [5.74, 6) is -2.11. The monoisotopic (exact) mass is 1480 g/mol. The molecule has 0 rings (SSSR count). The number of aliphatic hydroxyl groups is 1. The molecule has 600 valence electrons. The SMILES string of the molecule is CCCCCCCCCCCCCCCCCCCCCCCC(=O)O[C@H](COC(=O)CCCCCCCCCCCCCCCCCCCCC)COP(=O)(O)OC[C@@H](O)COP(=O)(O)OC[C@@H](COC(=O)CCCCCCCCCC)OC(=O)CCCCCCCCCCCCCCC. The molecule has 0 aliphatic rings. The summed E-state index contributed by atoms with van der Waals surface area (Å²) < 4.78 is 68.7. The van der Waals surface area contributed by atoms with E-state index in [1.165, 1.54) is 276 Å². The Labute approximate surface area is 619 Å². The number of phosphoric acid groups is 2. The van der Waals surface area contributed by atoms with Gasteiger partial charge in [-0.1, -0.05) is 394 Å². The Balaban J connectivity index is 5.18. The minimum absolute atomic E-state index is 0.108. The highest BCUT2D eigenvalue weighted by molar-refractivity contribution is 7.47. The molecule has 0 heterocycles.